The standard InChI is InChI=1S/C11H24N2O/c1-8(2)13-11(14)9(3)6-5-7-10(4)12/h8-10H,5-7,12H2,1-4H3,(H,13,14). The summed E-state index contributed by atoms with van der Waals surface area (Å²) in [6.07, 6.45) is 2.96. The van der Waals surface area contributed by atoms with Crippen LogP contribution in [0.2, 0.25) is 0 Å². The Morgan fingerprint density at radius 3 is 2.21 bits per heavy atom. The van der Waals surface area contributed by atoms with Crippen LogP contribution in [0.3, 0.4) is 0 Å². The zero-order valence-corrected chi connectivity index (χ0v) is 9.84. The van der Waals surface area contributed by atoms with Crippen LogP contribution in [0, 0.1) is 5.92 Å². The van der Waals surface area contributed by atoms with Crippen molar-refractivity contribution in [1.29, 1.82) is 0 Å². The quantitative estimate of drug-likeness (QED) is 0.685. The van der Waals surface area contributed by atoms with E-state index in [1.54, 1.807) is 0 Å². The smallest absolute Gasteiger partial charge is 0.223 e. The minimum Gasteiger partial charge on any atom is -0.354 e. The van der Waals surface area contributed by atoms with Gasteiger partial charge in [0, 0.05) is 18.0 Å². The molecule has 0 radical (unpaired) electrons. The van der Waals surface area contributed by atoms with Crippen LogP contribution in [0.25, 0.3) is 0 Å². The first-order chi connectivity index (χ1) is 6.43. The molecule has 0 aliphatic rings. The Labute approximate surface area is 87.4 Å². The Balaban J connectivity index is 3.62. The van der Waals surface area contributed by atoms with Crippen LogP contribution in [0.1, 0.15) is 47.0 Å². The van der Waals surface area contributed by atoms with Crippen molar-refractivity contribution in [2.24, 2.45) is 11.7 Å². The molecule has 14 heavy (non-hydrogen) atoms. The molecule has 1 amide bonds. The predicted octanol–water partition coefficient (Wildman–Crippen LogP) is 1.66. The van der Waals surface area contributed by atoms with E-state index < -0.39 is 0 Å². The van der Waals surface area contributed by atoms with Gasteiger partial charge >= 0.3 is 0 Å². The second-order valence-electron chi connectivity index (χ2n) is 4.47. The lowest BCUT2D eigenvalue weighted by atomic mass is 10.0. The molecule has 0 rings (SSSR count). The number of carbonyl (C=O) groups excluding carboxylic acids is 1. The normalized spacial score (nSPS) is 15.3. The van der Waals surface area contributed by atoms with Crippen LogP contribution in [0.5, 0.6) is 0 Å². The third-order valence-corrected chi connectivity index (χ3v) is 2.18. The molecule has 0 fully saturated rings. The topological polar surface area (TPSA) is 55.1 Å². The predicted molar refractivity (Wildman–Crippen MR) is 59.9 cm³/mol. The Morgan fingerprint density at radius 2 is 1.79 bits per heavy atom. The van der Waals surface area contributed by atoms with Gasteiger partial charge in [-0.25, -0.2) is 0 Å². The number of nitrogens with one attached hydrogen (secondary N) is 1. The van der Waals surface area contributed by atoms with E-state index in [1.165, 1.54) is 0 Å². The summed E-state index contributed by atoms with van der Waals surface area (Å²) in [5.74, 6) is 0.265. The molecular formula is C11H24N2O. The van der Waals surface area contributed by atoms with Crippen molar-refractivity contribution in [2.45, 2.75) is 59.0 Å². The summed E-state index contributed by atoms with van der Waals surface area (Å²) in [5, 5.41) is 2.91. The summed E-state index contributed by atoms with van der Waals surface area (Å²) in [6, 6.07) is 0.480. The molecule has 2 atom stereocenters. The van der Waals surface area contributed by atoms with Gasteiger partial charge in [0.05, 0.1) is 0 Å². The Hall–Kier alpha value is -0.570. The fourth-order valence-corrected chi connectivity index (χ4v) is 1.30. The summed E-state index contributed by atoms with van der Waals surface area (Å²) in [5.41, 5.74) is 5.63. The van der Waals surface area contributed by atoms with Crippen molar-refractivity contribution in [3.63, 3.8) is 0 Å². The molecule has 0 saturated heterocycles. The number of carbonyl (C=O) groups is 1. The first-order valence-electron chi connectivity index (χ1n) is 5.49. The first-order valence-corrected chi connectivity index (χ1v) is 5.49. The zero-order chi connectivity index (χ0) is 11.1. The molecule has 84 valence electrons. The van der Waals surface area contributed by atoms with Gasteiger partial charge in [0.15, 0.2) is 0 Å². The minimum absolute atomic E-state index is 0.108. The average Bonchev–Trinajstić information content (AvgIpc) is 2.01. The van der Waals surface area contributed by atoms with E-state index in [0.717, 1.165) is 19.3 Å². The lowest BCUT2D eigenvalue weighted by molar-refractivity contribution is -0.125. The van der Waals surface area contributed by atoms with Crippen molar-refractivity contribution in [1.82, 2.24) is 5.32 Å². The maximum atomic E-state index is 11.5. The van der Waals surface area contributed by atoms with Gasteiger partial charge in [-0.2, -0.15) is 0 Å². The van der Waals surface area contributed by atoms with Crippen molar-refractivity contribution < 1.29 is 4.79 Å². The maximum absolute atomic E-state index is 11.5. The Bertz CT molecular complexity index is 167. The molecule has 0 saturated carbocycles. The van der Waals surface area contributed by atoms with Crippen LogP contribution >= 0.6 is 0 Å². The molecular weight excluding hydrogens is 176 g/mol. The van der Waals surface area contributed by atoms with Gasteiger partial charge in [0.1, 0.15) is 0 Å². The highest BCUT2D eigenvalue weighted by atomic mass is 16.1. The molecule has 3 heteroatoms. The summed E-state index contributed by atoms with van der Waals surface area (Å²) >= 11 is 0. The second-order valence-corrected chi connectivity index (χ2v) is 4.47. The van der Waals surface area contributed by atoms with Crippen molar-refractivity contribution in [3.05, 3.63) is 0 Å². The highest BCUT2D eigenvalue weighted by Gasteiger charge is 2.12. The van der Waals surface area contributed by atoms with Gasteiger partial charge in [-0.3, -0.25) is 4.79 Å². The van der Waals surface area contributed by atoms with Gasteiger partial charge in [-0.1, -0.05) is 13.3 Å². The van der Waals surface area contributed by atoms with E-state index >= 15 is 0 Å². The Kier molecular flexibility index (Phi) is 6.54. The summed E-state index contributed by atoms with van der Waals surface area (Å²) < 4.78 is 0. The van der Waals surface area contributed by atoms with Crippen molar-refractivity contribution in [3.8, 4) is 0 Å². The molecule has 3 N–H and O–H groups in total. The van der Waals surface area contributed by atoms with Gasteiger partial charge in [-0.05, 0) is 33.6 Å². The minimum atomic E-state index is 0.108. The summed E-state index contributed by atoms with van der Waals surface area (Å²) in [7, 11) is 0. The van der Waals surface area contributed by atoms with E-state index in [9.17, 15) is 4.79 Å². The van der Waals surface area contributed by atoms with Crippen molar-refractivity contribution >= 4 is 5.91 Å². The fraction of sp³-hybridized carbons (Fsp3) is 0.909. The van der Waals surface area contributed by atoms with Gasteiger partial charge in [0.2, 0.25) is 5.91 Å². The van der Waals surface area contributed by atoms with Crippen molar-refractivity contribution in [2.75, 3.05) is 0 Å². The van der Waals surface area contributed by atoms with E-state index in [-0.39, 0.29) is 23.9 Å². The second kappa shape index (κ2) is 6.82. The molecule has 0 aliphatic carbocycles. The van der Waals surface area contributed by atoms with E-state index in [1.807, 2.05) is 27.7 Å². The number of hydrogen-bond donors (Lipinski definition) is 2. The maximum Gasteiger partial charge on any atom is 0.223 e. The molecule has 0 heterocycles. The number of rotatable bonds is 6. The molecule has 0 aliphatic heterocycles. The molecule has 2 unspecified atom stereocenters. The van der Waals surface area contributed by atoms with Crippen LogP contribution in [-0.4, -0.2) is 18.0 Å². The lowest BCUT2D eigenvalue weighted by Crippen LogP contribution is -2.34. The van der Waals surface area contributed by atoms with E-state index in [4.69, 9.17) is 5.73 Å². The van der Waals surface area contributed by atoms with E-state index in [2.05, 4.69) is 5.32 Å². The first kappa shape index (κ1) is 13.4. The SMILES string of the molecule is CC(N)CCCC(C)C(=O)NC(C)C. The number of nitrogens with two attached hydrogens (primary N) is 1. The molecule has 0 aromatic carbocycles. The van der Waals surface area contributed by atoms with E-state index in [0.29, 0.717) is 0 Å². The summed E-state index contributed by atoms with van der Waals surface area (Å²) in [6.45, 7) is 7.93. The summed E-state index contributed by atoms with van der Waals surface area (Å²) in [4.78, 5) is 11.5. The van der Waals surface area contributed by atoms with Crippen LogP contribution in [0.4, 0.5) is 0 Å². The largest absolute Gasteiger partial charge is 0.354 e. The average molecular weight is 200 g/mol. The van der Waals surface area contributed by atoms with Crippen LogP contribution in [-0.2, 0) is 4.79 Å². The third-order valence-electron chi connectivity index (χ3n) is 2.18. The third kappa shape index (κ3) is 6.89. The van der Waals surface area contributed by atoms with Gasteiger partial charge < -0.3 is 11.1 Å². The fourth-order valence-electron chi connectivity index (χ4n) is 1.30. The zero-order valence-electron chi connectivity index (χ0n) is 9.84. The molecule has 3 nitrogen and oxygen atoms in total. The molecule has 0 spiro atoms. The molecule has 0 bridgehead atoms. The highest BCUT2D eigenvalue weighted by molar-refractivity contribution is 5.78. The van der Waals surface area contributed by atoms with Crippen LogP contribution in [0.15, 0.2) is 0 Å². The highest BCUT2D eigenvalue weighted by Crippen LogP contribution is 2.09. The monoisotopic (exact) mass is 200 g/mol. The Morgan fingerprint density at radius 1 is 1.21 bits per heavy atom. The van der Waals surface area contributed by atoms with Crippen LogP contribution < -0.4 is 11.1 Å². The molecule has 0 aromatic heterocycles. The molecule has 0 aromatic rings. The van der Waals surface area contributed by atoms with Gasteiger partial charge in [0.25, 0.3) is 0 Å². The number of amides is 1. The number of hydrogen-bond acceptors (Lipinski definition) is 2. The lowest BCUT2D eigenvalue weighted by Gasteiger charge is -2.14. The van der Waals surface area contributed by atoms with Gasteiger partial charge in [-0.15, -0.1) is 0 Å².